The maximum Gasteiger partial charge on any atom is 0.138 e. The number of hydrogen-bond acceptors (Lipinski definition) is 5. The summed E-state index contributed by atoms with van der Waals surface area (Å²) in [4.78, 5) is 9.97. The van der Waals surface area contributed by atoms with Gasteiger partial charge >= 0.3 is 0 Å². The fourth-order valence-electron chi connectivity index (χ4n) is 1.81. The van der Waals surface area contributed by atoms with Gasteiger partial charge in [0.2, 0.25) is 0 Å². The SMILES string of the molecule is C=C(C)COCCNc1nc(C)nc2scc(C)c12. The van der Waals surface area contributed by atoms with E-state index in [0.717, 1.165) is 34.0 Å². The fourth-order valence-corrected chi connectivity index (χ4v) is 2.77. The minimum absolute atomic E-state index is 0.609. The molecule has 0 fully saturated rings. The summed E-state index contributed by atoms with van der Waals surface area (Å²) >= 11 is 1.66. The zero-order valence-corrected chi connectivity index (χ0v) is 12.4. The van der Waals surface area contributed by atoms with Gasteiger partial charge in [-0.1, -0.05) is 12.2 Å². The lowest BCUT2D eigenvalue weighted by Crippen LogP contribution is -2.12. The van der Waals surface area contributed by atoms with E-state index in [0.29, 0.717) is 13.2 Å². The van der Waals surface area contributed by atoms with Crippen LogP contribution in [0.5, 0.6) is 0 Å². The molecule has 0 bridgehead atoms. The monoisotopic (exact) mass is 277 g/mol. The number of nitrogens with one attached hydrogen (secondary N) is 1. The van der Waals surface area contributed by atoms with Crippen LogP contribution in [0.25, 0.3) is 10.2 Å². The third-order valence-corrected chi connectivity index (χ3v) is 3.61. The molecule has 19 heavy (non-hydrogen) atoms. The minimum atomic E-state index is 0.609. The van der Waals surface area contributed by atoms with E-state index in [1.807, 2.05) is 13.8 Å². The summed E-state index contributed by atoms with van der Waals surface area (Å²) in [5.41, 5.74) is 2.25. The van der Waals surface area contributed by atoms with Crippen LogP contribution in [0.3, 0.4) is 0 Å². The molecular weight excluding hydrogens is 258 g/mol. The molecule has 0 atom stereocenters. The molecule has 0 unspecified atom stereocenters. The molecule has 1 N–H and O–H groups in total. The topological polar surface area (TPSA) is 47.0 Å². The van der Waals surface area contributed by atoms with Crippen molar-refractivity contribution in [3.05, 3.63) is 28.9 Å². The maximum absolute atomic E-state index is 5.47. The van der Waals surface area contributed by atoms with Gasteiger partial charge in [0.1, 0.15) is 16.5 Å². The molecule has 2 rings (SSSR count). The molecular formula is C14H19N3OS. The Labute approximate surface area is 117 Å². The first-order valence-corrected chi connectivity index (χ1v) is 7.14. The van der Waals surface area contributed by atoms with E-state index in [9.17, 15) is 0 Å². The predicted molar refractivity (Wildman–Crippen MR) is 81.0 cm³/mol. The van der Waals surface area contributed by atoms with Gasteiger partial charge in [0.25, 0.3) is 0 Å². The van der Waals surface area contributed by atoms with Crippen molar-refractivity contribution in [2.45, 2.75) is 20.8 Å². The highest BCUT2D eigenvalue weighted by Gasteiger charge is 2.09. The Morgan fingerprint density at radius 2 is 2.21 bits per heavy atom. The normalized spacial score (nSPS) is 10.9. The largest absolute Gasteiger partial charge is 0.375 e. The van der Waals surface area contributed by atoms with Crippen molar-refractivity contribution in [2.24, 2.45) is 0 Å². The van der Waals surface area contributed by atoms with E-state index in [1.54, 1.807) is 11.3 Å². The van der Waals surface area contributed by atoms with Gasteiger partial charge in [-0.25, -0.2) is 9.97 Å². The van der Waals surface area contributed by atoms with Crippen LogP contribution in [0.15, 0.2) is 17.5 Å². The van der Waals surface area contributed by atoms with Crippen molar-refractivity contribution in [2.75, 3.05) is 25.1 Å². The number of hydrogen-bond donors (Lipinski definition) is 1. The van der Waals surface area contributed by atoms with Crippen LogP contribution in [0, 0.1) is 13.8 Å². The van der Waals surface area contributed by atoms with Crippen LogP contribution in [0.2, 0.25) is 0 Å². The van der Waals surface area contributed by atoms with Crippen LogP contribution in [0.1, 0.15) is 18.3 Å². The second kappa shape index (κ2) is 6.12. The summed E-state index contributed by atoms with van der Waals surface area (Å²) < 4.78 is 5.47. The van der Waals surface area contributed by atoms with Gasteiger partial charge in [0, 0.05) is 6.54 Å². The lowest BCUT2D eigenvalue weighted by atomic mass is 10.2. The third-order valence-electron chi connectivity index (χ3n) is 2.62. The van der Waals surface area contributed by atoms with E-state index in [2.05, 4.69) is 34.2 Å². The van der Waals surface area contributed by atoms with Gasteiger partial charge in [-0.15, -0.1) is 11.3 Å². The van der Waals surface area contributed by atoms with Crippen molar-refractivity contribution < 1.29 is 4.74 Å². The first kappa shape index (κ1) is 14.0. The molecule has 0 spiro atoms. The van der Waals surface area contributed by atoms with Crippen LogP contribution in [0.4, 0.5) is 5.82 Å². The molecule has 102 valence electrons. The summed E-state index contributed by atoms with van der Waals surface area (Å²) in [6.07, 6.45) is 0. The maximum atomic E-state index is 5.47. The Bertz CT molecular complexity index is 592. The highest BCUT2D eigenvalue weighted by Crippen LogP contribution is 2.29. The fraction of sp³-hybridized carbons (Fsp3) is 0.429. The predicted octanol–water partition coefficient (Wildman–Crippen LogP) is 3.31. The van der Waals surface area contributed by atoms with Crippen LogP contribution in [-0.2, 0) is 4.74 Å². The molecule has 4 nitrogen and oxygen atoms in total. The zero-order valence-electron chi connectivity index (χ0n) is 11.6. The van der Waals surface area contributed by atoms with Crippen LogP contribution < -0.4 is 5.32 Å². The third kappa shape index (κ3) is 3.52. The molecule has 0 aliphatic heterocycles. The van der Waals surface area contributed by atoms with Crippen LogP contribution in [-0.4, -0.2) is 29.7 Å². The Kier molecular flexibility index (Phi) is 4.50. The molecule has 0 aliphatic carbocycles. The molecule has 0 saturated heterocycles. The molecule has 2 heterocycles. The second-order valence-electron chi connectivity index (χ2n) is 4.65. The lowest BCUT2D eigenvalue weighted by molar-refractivity contribution is 0.167. The molecule has 2 aromatic heterocycles. The van der Waals surface area contributed by atoms with Gasteiger partial charge in [0.05, 0.1) is 18.6 Å². The quantitative estimate of drug-likeness (QED) is 0.650. The Morgan fingerprint density at radius 3 is 2.95 bits per heavy atom. The van der Waals surface area contributed by atoms with E-state index in [4.69, 9.17) is 4.74 Å². The van der Waals surface area contributed by atoms with E-state index < -0.39 is 0 Å². The minimum Gasteiger partial charge on any atom is -0.375 e. The molecule has 2 aromatic rings. The van der Waals surface area contributed by atoms with Crippen molar-refractivity contribution >= 4 is 27.4 Å². The summed E-state index contributed by atoms with van der Waals surface area (Å²) in [5, 5.41) is 6.56. The van der Waals surface area contributed by atoms with Gasteiger partial charge in [-0.05, 0) is 31.7 Å². The average molecular weight is 277 g/mol. The van der Waals surface area contributed by atoms with Crippen molar-refractivity contribution in [3.8, 4) is 0 Å². The molecule has 0 aliphatic rings. The molecule has 0 amide bonds. The van der Waals surface area contributed by atoms with E-state index >= 15 is 0 Å². The number of aryl methyl sites for hydroxylation is 2. The molecule has 0 aromatic carbocycles. The second-order valence-corrected chi connectivity index (χ2v) is 5.51. The Morgan fingerprint density at radius 1 is 1.42 bits per heavy atom. The van der Waals surface area contributed by atoms with Crippen molar-refractivity contribution in [1.82, 2.24) is 9.97 Å². The number of anilines is 1. The van der Waals surface area contributed by atoms with Gasteiger partial charge in [0.15, 0.2) is 0 Å². The number of aromatic nitrogens is 2. The highest BCUT2D eigenvalue weighted by atomic mass is 32.1. The van der Waals surface area contributed by atoms with Crippen LogP contribution >= 0.6 is 11.3 Å². The highest BCUT2D eigenvalue weighted by molar-refractivity contribution is 7.17. The number of nitrogens with zero attached hydrogens (tertiary/aromatic N) is 2. The van der Waals surface area contributed by atoms with Gasteiger partial charge in [-0.3, -0.25) is 0 Å². The summed E-state index contributed by atoms with van der Waals surface area (Å²) in [6, 6.07) is 0. The smallest absolute Gasteiger partial charge is 0.138 e. The van der Waals surface area contributed by atoms with Gasteiger partial charge in [-0.2, -0.15) is 0 Å². The number of ether oxygens (including phenoxy) is 1. The first-order chi connectivity index (χ1) is 9.08. The molecule has 5 heteroatoms. The Balaban J connectivity index is 2.03. The first-order valence-electron chi connectivity index (χ1n) is 6.26. The lowest BCUT2D eigenvalue weighted by Gasteiger charge is -2.09. The van der Waals surface area contributed by atoms with E-state index in [-0.39, 0.29) is 0 Å². The number of thiophene rings is 1. The van der Waals surface area contributed by atoms with E-state index in [1.165, 1.54) is 5.56 Å². The number of fused-ring (bicyclic) bond motifs is 1. The zero-order chi connectivity index (χ0) is 13.8. The molecule has 0 radical (unpaired) electrons. The standard InChI is InChI=1S/C14H19N3OS/c1-9(2)7-18-6-5-15-13-12-10(3)8-19-14(12)17-11(4)16-13/h8H,1,5-7H2,2-4H3,(H,15,16,17). The van der Waals surface area contributed by atoms with Crippen molar-refractivity contribution in [3.63, 3.8) is 0 Å². The average Bonchev–Trinajstić information content (AvgIpc) is 2.70. The van der Waals surface area contributed by atoms with Gasteiger partial charge < -0.3 is 10.1 Å². The summed E-state index contributed by atoms with van der Waals surface area (Å²) in [6.45, 7) is 11.7. The Hall–Kier alpha value is -1.46. The summed E-state index contributed by atoms with van der Waals surface area (Å²) in [5.74, 6) is 1.69. The molecule has 0 saturated carbocycles. The summed E-state index contributed by atoms with van der Waals surface area (Å²) in [7, 11) is 0. The number of rotatable bonds is 6. The van der Waals surface area contributed by atoms with Crippen molar-refractivity contribution in [1.29, 1.82) is 0 Å².